The smallest absolute Gasteiger partial charge is 0.234 e. The van der Waals surface area contributed by atoms with Gasteiger partial charge in [-0.15, -0.1) is 0 Å². The van der Waals surface area contributed by atoms with Gasteiger partial charge in [0.2, 0.25) is 5.88 Å². The van der Waals surface area contributed by atoms with Gasteiger partial charge in [-0.1, -0.05) is 6.42 Å². The molecular weight excluding hydrogens is 314 g/mol. The van der Waals surface area contributed by atoms with Crippen molar-refractivity contribution < 1.29 is 13.2 Å². The van der Waals surface area contributed by atoms with E-state index in [4.69, 9.17) is 4.74 Å². The highest BCUT2D eigenvalue weighted by Crippen LogP contribution is 2.46. The van der Waals surface area contributed by atoms with Crippen molar-refractivity contribution in [1.82, 2.24) is 9.97 Å². The summed E-state index contributed by atoms with van der Waals surface area (Å²) in [7, 11) is -2.95. The second kappa shape index (κ2) is 6.63. The molecule has 6 nitrogen and oxygen atoms in total. The molecule has 7 heteroatoms. The minimum Gasteiger partial charge on any atom is -0.473 e. The summed E-state index contributed by atoms with van der Waals surface area (Å²) in [5.74, 6) is 1.44. The van der Waals surface area contributed by atoms with Crippen LogP contribution < -0.4 is 10.1 Å². The monoisotopic (exact) mass is 339 g/mol. The molecule has 1 aromatic heterocycles. The first-order valence-corrected chi connectivity index (χ1v) is 10.4. The van der Waals surface area contributed by atoms with E-state index in [0.29, 0.717) is 18.2 Å². The first-order valence-electron chi connectivity index (χ1n) is 8.35. The lowest BCUT2D eigenvalue weighted by atomic mass is 9.98. The quantitative estimate of drug-likeness (QED) is 0.822. The van der Waals surface area contributed by atoms with Gasteiger partial charge in [0.15, 0.2) is 0 Å². The van der Waals surface area contributed by atoms with Gasteiger partial charge in [-0.3, -0.25) is 4.98 Å². The van der Waals surface area contributed by atoms with Crippen LogP contribution in [-0.4, -0.2) is 43.0 Å². The second-order valence-electron chi connectivity index (χ2n) is 7.04. The molecule has 0 amide bonds. The summed E-state index contributed by atoms with van der Waals surface area (Å²) in [4.78, 5) is 8.63. The third-order valence-corrected chi connectivity index (χ3v) is 5.76. The number of nitrogens with zero attached hydrogens (tertiary/aromatic N) is 2. The average molecular weight is 339 g/mol. The molecule has 2 fully saturated rings. The van der Waals surface area contributed by atoms with Crippen molar-refractivity contribution in [2.45, 2.75) is 51.0 Å². The highest BCUT2D eigenvalue weighted by molar-refractivity contribution is 7.90. The van der Waals surface area contributed by atoms with Gasteiger partial charge in [-0.05, 0) is 38.5 Å². The van der Waals surface area contributed by atoms with Crippen molar-refractivity contribution in [3.63, 3.8) is 0 Å². The van der Waals surface area contributed by atoms with E-state index in [2.05, 4.69) is 15.3 Å². The zero-order valence-electron chi connectivity index (χ0n) is 13.6. The number of anilines is 1. The Balaban J connectivity index is 1.55. The molecule has 1 N–H and O–H groups in total. The normalized spacial score (nSPS) is 20.9. The predicted octanol–water partition coefficient (Wildman–Crippen LogP) is 2.42. The Bertz CT molecular complexity index is 638. The molecule has 0 aliphatic heterocycles. The van der Waals surface area contributed by atoms with Crippen LogP contribution >= 0.6 is 0 Å². The van der Waals surface area contributed by atoms with E-state index in [9.17, 15) is 8.42 Å². The maximum atomic E-state index is 11.5. The zero-order chi connectivity index (χ0) is 16.3. The van der Waals surface area contributed by atoms with Crippen molar-refractivity contribution in [3.8, 4) is 5.88 Å². The Labute approximate surface area is 138 Å². The molecular formula is C16H25N3O3S. The van der Waals surface area contributed by atoms with Crippen molar-refractivity contribution in [1.29, 1.82) is 0 Å². The lowest BCUT2D eigenvalue weighted by Gasteiger charge is -2.22. The fourth-order valence-corrected chi connectivity index (χ4v) is 4.73. The highest BCUT2D eigenvalue weighted by Gasteiger charge is 2.45. The Morgan fingerprint density at radius 3 is 2.65 bits per heavy atom. The molecule has 2 aliphatic carbocycles. The number of hydrogen-bond donors (Lipinski definition) is 1. The molecule has 2 saturated carbocycles. The van der Waals surface area contributed by atoms with E-state index in [1.165, 1.54) is 25.5 Å². The zero-order valence-corrected chi connectivity index (χ0v) is 14.4. The summed E-state index contributed by atoms with van der Waals surface area (Å²) in [6.45, 7) is 0.613. The van der Waals surface area contributed by atoms with E-state index in [-0.39, 0.29) is 17.3 Å². The fourth-order valence-electron chi connectivity index (χ4n) is 3.23. The van der Waals surface area contributed by atoms with Crippen LogP contribution in [0.2, 0.25) is 0 Å². The summed E-state index contributed by atoms with van der Waals surface area (Å²) in [5, 5.41) is 3.23. The fraction of sp³-hybridized carbons (Fsp3) is 0.750. The molecule has 0 radical (unpaired) electrons. The van der Waals surface area contributed by atoms with Crippen molar-refractivity contribution in [2.24, 2.45) is 5.41 Å². The van der Waals surface area contributed by atoms with Crippen LogP contribution in [0, 0.1) is 5.41 Å². The molecule has 0 unspecified atom stereocenters. The van der Waals surface area contributed by atoms with Crippen LogP contribution in [0.15, 0.2) is 12.4 Å². The number of hydrogen-bond acceptors (Lipinski definition) is 6. The van der Waals surface area contributed by atoms with E-state index in [1.54, 1.807) is 12.4 Å². The first-order chi connectivity index (χ1) is 10.9. The predicted molar refractivity (Wildman–Crippen MR) is 89.4 cm³/mol. The molecule has 3 rings (SSSR count). The summed E-state index contributed by atoms with van der Waals surface area (Å²) in [6.07, 6.45) is 12.6. The minimum atomic E-state index is -2.95. The highest BCUT2D eigenvalue weighted by atomic mass is 32.2. The molecule has 0 saturated heterocycles. The lowest BCUT2D eigenvalue weighted by Crippen LogP contribution is -2.24. The number of sulfone groups is 1. The SMILES string of the molecule is CS(=O)(=O)CC1(CNc2cncc(OC3CCCCC3)n2)CC1. The van der Waals surface area contributed by atoms with Gasteiger partial charge in [0.05, 0.1) is 18.1 Å². The summed E-state index contributed by atoms with van der Waals surface area (Å²) < 4.78 is 28.9. The van der Waals surface area contributed by atoms with E-state index in [0.717, 1.165) is 25.7 Å². The van der Waals surface area contributed by atoms with Crippen LogP contribution in [0.4, 0.5) is 5.82 Å². The Morgan fingerprint density at radius 2 is 2.00 bits per heavy atom. The van der Waals surface area contributed by atoms with Crippen molar-refractivity contribution >= 4 is 15.7 Å². The van der Waals surface area contributed by atoms with Crippen LogP contribution in [0.5, 0.6) is 5.88 Å². The van der Waals surface area contributed by atoms with Gasteiger partial charge < -0.3 is 10.1 Å². The topological polar surface area (TPSA) is 81.2 Å². The van der Waals surface area contributed by atoms with Gasteiger partial charge in [0.1, 0.15) is 21.8 Å². The van der Waals surface area contributed by atoms with E-state index < -0.39 is 9.84 Å². The van der Waals surface area contributed by atoms with E-state index in [1.807, 2.05) is 0 Å². The van der Waals surface area contributed by atoms with Crippen LogP contribution in [-0.2, 0) is 9.84 Å². The van der Waals surface area contributed by atoms with Crippen LogP contribution in [0.1, 0.15) is 44.9 Å². The van der Waals surface area contributed by atoms with Crippen molar-refractivity contribution in [2.75, 3.05) is 23.9 Å². The number of ether oxygens (including phenoxy) is 1. The van der Waals surface area contributed by atoms with Gasteiger partial charge in [-0.25, -0.2) is 8.42 Å². The maximum absolute atomic E-state index is 11.5. The Morgan fingerprint density at radius 1 is 1.26 bits per heavy atom. The number of aromatic nitrogens is 2. The van der Waals surface area contributed by atoms with Crippen LogP contribution in [0.25, 0.3) is 0 Å². The Kier molecular flexibility index (Phi) is 4.75. The second-order valence-corrected chi connectivity index (χ2v) is 9.18. The molecule has 0 bridgehead atoms. The molecule has 128 valence electrons. The molecule has 23 heavy (non-hydrogen) atoms. The molecule has 2 aliphatic rings. The third-order valence-electron chi connectivity index (χ3n) is 4.62. The van der Waals surface area contributed by atoms with Gasteiger partial charge in [-0.2, -0.15) is 4.98 Å². The summed E-state index contributed by atoms with van der Waals surface area (Å²) in [5.41, 5.74) is -0.129. The molecule has 0 aromatic carbocycles. The first kappa shape index (κ1) is 16.5. The molecule has 0 atom stereocenters. The summed E-state index contributed by atoms with van der Waals surface area (Å²) >= 11 is 0. The standard InChI is InChI=1S/C16H25N3O3S/c1-23(20,21)12-16(7-8-16)11-18-14-9-17-10-15(19-14)22-13-5-3-2-4-6-13/h9-10,13H,2-8,11-12H2,1H3,(H,18,19). The molecule has 1 aromatic rings. The maximum Gasteiger partial charge on any atom is 0.234 e. The molecule has 1 heterocycles. The van der Waals surface area contributed by atoms with Crippen molar-refractivity contribution in [3.05, 3.63) is 12.4 Å². The number of nitrogens with one attached hydrogen (secondary N) is 1. The van der Waals surface area contributed by atoms with Gasteiger partial charge in [0, 0.05) is 18.2 Å². The largest absolute Gasteiger partial charge is 0.473 e. The Hall–Kier alpha value is -1.37. The molecule has 0 spiro atoms. The van der Waals surface area contributed by atoms with Gasteiger partial charge in [0.25, 0.3) is 0 Å². The van der Waals surface area contributed by atoms with Gasteiger partial charge >= 0.3 is 0 Å². The lowest BCUT2D eigenvalue weighted by molar-refractivity contribution is 0.148. The summed E-state index contributed by atoms with van der Waals surface area (Å²) in [6, 6.07) is 0. The third kappa shape index (κ3) is 5.06. The number of rotatable bonds is 7. The van der Waals surface area contributed by atoms with E-state index >= 15 is 0 Å². The van der Waals surface area contributed by atoms with Crippen LogP contribution in [0.3, 0.4) is 0 Å². The average Bonchev–Trinajstić information content (AvgIpc) is 3.25. The minimum absolute atomic E-state index is 0.129.